The minimum atomic E-state index is -0.144. The van der Waals surface area contributed by atoms with Crippen molar-refractivity contribution in [2.45, 2.75) is 57.1 Å². The number of aromatic nitrogens is 2. The zero-order valence-corrected chi connectivity index (χ0v) is 12.4. The Morgan fingerprint density at radius 3 is 2.90 bits per heavy atom. The zero-order chi connectivity index (χ0) is 14.9. The van der Waals surface area contributed by atoms with Gasteiger partial charge in [0.05, 0.1) is 29.5 Å². The summed E-state index contributed by atoms with van der Waals surface area (Å²) in [5.41, 5.74) is 6.60. The van der Waals surface area contributed by atoms with Gasteiger partial charge in [-0.25, -0.2) is 9.97 Å². The second-order valence-corrected chi connectivity index (χ2v) is 6.16. The molecule has 0 unspecified atom stereocenters. The molecule has 1 aromatic rings. The van der Waals surface area contributed by atoms with E-state index < -0.39 is 0 Å². The Hall–Kier alpha value is -1.69. The molecule has 6 nitrogen and oxygen atoms in total. The van der Waals surface area contributed by atoms with Crippen molar-refractivity contribution in [3.63, 3.8) is 0 Å². The summed E-state index contributed by atoms with van der Waals surface area (Å²) >= 11 is 0. The van der Waals surface area contributed by atoms with E-state index in [9.17, 15) is 4.79 Å². The van der Waals surface area contributed by atoms with Crippen LogP contribution in [0.25, 0.3) is 0 Å². The van der Waals surface area contributed by atoms with Crippen molar-refractivity contribution in [3.8, 4) is 0 Å². The fraction of sp³-hybridized carbons (Fsp3) is 0.667. The van der Waals surface area contributed by atoms with Crippen molar-refractivity contribution in [1.29, 1.82) is 0 Å². The summed E-state index contributed by atoms with van der Waals surface area (Å²) in [7, 11) is 0. The average Bonchev–Trinajstić information content (AvgIpc) is 2.82. The highest BCUT2D eigenvalue weighted by atomic mass is 16.5. The largest absolute Gasteiger partial charge is 0.373 e. The Labute approximate surface area is 124 Å². The number of nitrogens with two attached hydrogens (primary N) is 1. The lowest BCUT2D eigenvalue weighted by atomic mass is 9.82. The Morgan fingerprint density at radius 2 is 2.19 bits per heavy atom. The van der Waals surface area contributed by atoms with Crippen molar-refractivity contribution < 1.29 is 9.53 Å². The van der Waals surface area contributed by atoms with Crippen LogP contribution < -0.4 is 11.1 Å². The van der Waals surface area contributed by atoms with Crippen LogP contribution in [0, 0.1) is 6.92 Å². The Balaban J connectivity index is 1.63. The number of nitrogens with one attached hydrogen (secondary N) is 1. The van der Waals surface area contributed by atoms with E-state index in [2.05, 4.69) is 15.3 Å². The third-order valence-electron chi connectivity index (χ3n) is 4.55. The van der Waals surface area contributed by atoms with Gasteiger partial charge in [0.2, 0.25) is 5.95 Å². The second kappa shape index (κ2) is 5.60. The SMILES string of the molecule is Cc1nc(N)ncc1C(=O)N[C@@H]1COC2(CCCCC2)C1. The first kappa shape index (κ1) is 14.3. The molecular weight excluding hydrogens is 268 g/mol. The van der Waals surface area contributed by atoms with Gasteiger partial charge in [-0.05, 0) is 26.2 Å². The van der Waals surface area contributed by atoms with Gasteiger partial charge < -0.3 is 15.8 Å². The highest BCUT2D eigenvalue weighted by Crippen LogP contribution is 2.39. The number of ether oxygens (including phenoxy) is 1. The van der Waals surface area contributed by atoms with Gasteiger partial charge in [-0.1, -0.05) is 19.3 Å². The number of hydrogen-bond donors (Lipinski definition) is 2. The van der Waals surface area contributed by atoms with Crippen LogP contribution in [0.2, 0.25) is 0 Å². The molecule has 3 N–H and O–H groups in total. The summed E-state index contributed by atoms with van der Waals surface area (Å²) in [6.45, 7) is 2.36. The maximum atomic E-state index is 12.3. The average molecular weight is 290 g/mol. The number of anilines is 1. The van der Waals surface area contributed by atoms with Crippen molar-refractivity contribution in [1.82, 2.24) is 15.3 Å². The van der Waals surface area contributed by atoms with Crippen LogP contribution in [0.5, 0.6) is 0 Å². The number of aryl methyl sites for hydroxylation is 1. The van der Waals surface area contributed by atoms with Crippen molar-refractivity contribution >= 4 is 11.9 Å². The maximum absolute atomic E-state index is 12.3. The summed E-state index contributed by atoms with van der Waals surface area (Å²) in [4.78, 5) is 20.2. The normalized spacial score (nSPS) is 24.1. The topological polar surface area (TPSA) is 90.1 Å². The molecule has 6 heteroatoms. The number of hydrogen-bond acceptors (Lipinski definition) is 5. The van der Waals surface area contributed by atoms with Gasteiger partial charge in [-0.2, -0.15) is 0 Å². The van der Waals surface area contributed by atoms with E-state index in [1.165, 1.54) is 25.5 Å². The number of carbonyl (C=O) groups is 1. The molecule has 2 heterocycles. The van der Waals surface area contributed by atoms with Crippen molar-refractivity contribution in [3.05, 3.63) is 17.5 Å². The first-order valence-corrected chi connectivity index (χ1v) is 7.62. The summed E-state index contributed by atoms with van der Waals surface area (Å²) in [5, 5.41) is 3.04. The highest BCUT2D eigenvalue weighted by molar-refractivity contribution is 5.95. The Kier molecular flexibility index (Phi) is 3.80. The first-order valence-electron chi connectivity index (χ1n) is 7.62. The predicted molar refractivity (Wildman–Crippen MR) is 78.8 cm³/mol. The molecule has 0 bridgehead atoms. The molecule has 1 spiro atoms. The fourth-order valence-electron chi connectivity index (χ4n) is 3.45. The van der Waals surface area contributed by atoms with Gasteiger partial charge in [0.15, 0.2) is 0 Å². The molecule has 114 valence electrons. The van der Waals surface area contributed by atoms with Gasteiger partial charge in [0, 0.05) is 6.20 Å². The smallest absolute Gasteiger partial charge is 0.254 e. The number of amides is 1. The minimum absolute atomic E-state index is 0.00283. The van der Waals surface area contributed by atoms with E-state index in [1.54, 1.807) is 6.92 Å². The van der Waals surface area contributed by atoms with Crippen LogP contribution in [0.1, 0.15) is 54.6 Å². The number of carbonyl (C=O) groups excluding carboxylic acids is 1. The van der Waals surface area contributed by atoms with Gasteiger partial charge in [-0.3, -0.25) is 4.79 Å². The molecule has 21 heavy (non-hydrogen) atoms. The minimum Gasteiger partial charge on any atom is -0.373 e. The van der Waals surface area contributed by atoms with Crippen LogP contribution in [0.4, 0.5) is 5.95 Å². The van der Waals surface area contributed by atoms with Crippen LogP contribution in [-0.2, 0) is 4.74 Å². The van der Waals surface area contributed by atoms with E-state index in [1.807, 2.05) is 0 Å². The zero-order valence-electron chi connectivity index (χ0n) is 12.4. The van der Waals surface area contributed by atoms with Crippen molar-refractivity contribution in [2.75, 3.05) is 12.3 Å². The summed E-state index contributed by atoms with van der Waals surface area (Å²) in [5.74, 6) is 0.0448. The standard InChI is InChI=1S/C15H22N4O2/c1-10-12(8-17-14(16)18-10)13(20)19-11-7-15(21-9-11)5-3-2-4-6-15/h8,11H,2-7,9H2,1H3,(H,19,20)(H2,16,17,18)/t11-/m0/s1. The monoisotopic (exact) mass is 290 g/mol. The third kappa shape index (κ3) is 3.00. The van der Waals surface area contributed by atoms with E-state index in [4.69, 9.17) is 10.5 Å². The maximum Gasteiger partial charge on any atom is 0.254 e. The number of rotatable bonds is 2. The molecule has 1 aliphatic carbocycles. The quantitative estimate of drug-likeness (QED) is 0.863. The Bertz CT molecular complexity index is 540. The molecule has 2 aliphatic rings. The lowest BCUT2D eigenvalue weighted by Gasteiger charge is -2.32. The Morgan fingerprint density at radius 1 is 1.43 bits per heavy atom. The van der Waals surface area contributed by atoms with Gasteiger partial charge in [0.25, 0.3) is 5.91 Å². The number of nitrogens with zero attached hydrogens (tertiary/aromatic N) is 2. The van der Waals surface area contributed by atoms with Crippen LogP contribution in [-0.4, -0.2) is 34.1 Å². The molecule has 1 saturated heterocycles. The highest BCUT2D eigenvalue weighted by Gasteiger charge is 2.41. The number of nitrogen functional groups attached to an aromatic ring is 1. The molecule has 2 fully saturated rings. The van der Waals surface area contributed by atoms with Gasteiger partial charge in [0.1, 0.15) is 0 Å². The van der Waals surface area contributed by atoms with Gasteiger partial charge >= 0.3 is 0 Å². The molecule has 1 amide bonds. The third-order valence-corrected chi connectivity index (χ3v) is 4.55. The molecule has 1 aliphatic heterocycles. The fourth-order valence-corrected chi connectivity index (χ4v) is 3.45. The second-order valence-electron chi connectivity index (χ2n) is 6.16. The van der Waals surface area contributed by atoms with E-state index in [0.717, 1.165) is 19.3 Å². The molecule has 3 rings (SSSR count). The van der Waals surface area contributed by atoms with E-state index in [-0.39, 0.29) is 23.5 Å². The van der Waals surface area contributed by atoms with Crippen LogP contribution >= 0.6 is 0 Å². The lowest BCUT2D eigenvalue weighted by molar-refractivity contribution is -0.0246. The molecule has 1 atom stereocenters. The predicted octanol–water partition coefficient (Wildman–Crippen LogP) is 1.59. The first-order chi connectivity index (χ1) is 10.1. The summed E-state index contributed by atoms with van der Waals surface area (Å²) in [6.07, 6.45) is 8.38. The van der Waals surface area contributed by atoms with Crippen molar-refractivity contribution in [2.24, 2.45) is 0 Å². The molecule has 1 saturated carbocycles. The summed E-state index contributed by atoms with van der Waals surface area (Å²) < 4.78 is 6.01. The van der Waals surface area contributed by atoms with E-state index in [0.29, 0.717) is 17.9 Å². The lowest BCUT2D eigenvalue weighted by Crippen LogP contribution is -2.37. The van der Waals surface area contributed by atoms with Crippen LogP contribution in [0.3, 0.4) is 0 Å². The molecule has 0 aromatic carbocycles. The summed E-state index contributed by atoms with van der Waals surface area (Å²) in [6, 6.07) is 0.0764. The molecule has 1 aromatic heterocycles. The molecule has 0 radical (unpaired) electrons. The van der Waals surface area contributed by atoms with Gasteiger partial charge in [-0.15, -0.1) is 0 Å². The van der Waals surface area contributed by atoms with Crippen LogP contribution in [0.15, 0.2) is 6.20 Å². The van der Waals surface area contributed by atoms with E-state index >= 15 is 0 Å². The molecular formula is C15H22N4O2.